The molecule has 0 radical (unpaired) electrons. The average Bonchev–Trinajstić information content (AvgIpc) is 2.37. The van der Waals surface area contributed by atoms with Gasteiger partial charge < -0.3 is 20.4 Å². The standard InChI is InChI=1S/C12H16O5/c13-7-10(15)11(16)12(17,8-14)6-9-4-2-1-3-5-9/h1-5,11,13-14,16-17H,6-8H2. The maximum absolute atomic E-state index is 11.1. The highest BCUT2D eigenvalue weighted by molar-refractivity contribution is 5.85. The maximum atomic E-state index is 11.1. The van der Waals surface area contributed by atoms with Crippen molar-refractivity contribution in [2.45, 2.75) is 18.1 Å². The van der Waals surface area contributed by atoms with Gasteiger partial charge in [-0.15, -0.1) is 0 Å². The smallest absolute Gasteiger partial charge is 0.189 e. The molecule has 5 nitrogen and oxygen atoms in total. The molecule has 0 aromatic heterocycles. The molecule has 5 heteroatoms. The van der Waals surface area contributed by atoms with Gasteiger partial charge in [-0.25, -0.2) is 0 Å². The van der Waals surface area contributed by atoms with Crippen LogP contribution in [0.2, 0.25) is 0 Å². The summed E-state index contributed by atoms with van der Waals surface area (Å²) in [5, 5.41) is 37.3. The number of hydrogen-bond donors (Lipinski definition) is 4. The second-order valence-corrected chi connectivity index (χ2v) is 3.95. The molecule has 17 heavy (non-hydrogen) atoms. The van der Waals surface area contributed by atoms with Crippen LogP contribution in [0.3, 0.4) is 0 Å². The third kappa shape index (κ3) is 3.34. The number of ketones is 1. The van der Waals surface area contributed by atoms with Gasteiger partial charge in [-0.3, -0.25) is 4.79 Å². The second kappa shape index (κ2) is 5.88. The number of Topliss-reactive ketones (excluding diaryl/α,β-unsaturated/α-hetero) is 1. The summed E-state index contributed by atoms with van der Waals surface area (Å²) >= 11 is 0. The number of benzene rings is 1. The molecule has 0 fully saturated rings. The highest BCUT2D eigenvalue weighted by atomic mass is 16.4. The number of hydrogen-bond acceptors (Lipinski definition) is 5. The van der Waals surface area contributed by atoms with E-state index in [-0.39, 0.29) is 6.42 Å². The van der Waals surface area contributed by atoms with E-state index in [1.807, 2.05) is 0 Å². The van der Waals surface area contributed by atoms with Crippen LogP contribution in [0.15, 0.2) is 30.3 Å². The summed E-state index contributed by atoms with van der Waals surface area (Å²) in [4.78, 5) is 11.1. The monoisotopic (exact) mass is 240 g/mol. The molecule has 0 aliphatic heterocycles. The van der Waals surface area contributed by atoms with E-state index in [1.165, 1.54) is 0 Å². The molecule has 0 saturated heterocycles. The quantitative estimate of drug-likeness (QED) is 0.504. The number of rotatable bonds is 6. The Morgan fingerprint density at radius 3 is 2.29 bits per heavy atom. The van der Waals surface area contributed by atoms with Crippen molar-refractivity contribution in [2.75, 3.05) is 13.2 Å². The lowest BCUT2D eigenvalue weighted by atomic mass is 9.87. The van der Waals surface area contributed by atoms with E-state index in [4.69, 9.17) is 10.2 Å². The van der Waals surface area contributed by atoms with E-state index in [1.54, 1.807) is 30.3 Å². The predicted octanol–water partition coefficient (Wildman–Crippen LogP) is -1.13. The molecule has 1 aromatic rings. The molecule has 4 N–H and O–H groups in total. The van der Waals surface area contributed by atoms with Crippen LogP contribution in [0.5, 0.6) is 0 Å². The van der Waals surface area contributed by atoms with Crippen molar-refractivity contribution in [3.05, 3.63) is 35.9 Å². The highest BCUT2D eigenvalue weighted by Crippen LogP contribution is 2.18. The van der Waals surface area contributed by atoms with Gasteiger partial charge in [-0.2, -0.15) is 0 Å². The number of aliphatic hydroxyl groups is 4. The highest BCUT2D eigenvalue weighted by Gasteiger charge is 2.39. The fraction of sp³-hybridized carbons (Fsp3) is 0.417. The minimum atomic E-state index is -1.97. The zero-order valence-electron chi connectivity index (χ0n) is 9.28. The molecule has 0 aliphatic carbocycles. The van der Waals surface area contributed by atoms with Gasteiger partial charge in [-0.05, 0) is 5.56 Å². The van der Waals surface area contributed by atoms with Gasteiger partial charge in [0.2, 0.25) is 0 Å². The summed E-state index contributed by atoms with van der Waals surface area (Å²) in [7, 11) is 0. The van der Waals surface area contributed by atoms with Crippen LogP contribution in [-0.2, 0) is 11.2 Å². The summed E-state index contributed by atoms with van der Waals surface area (Å²) in [5.74, 6) is -0.919. The van der Waals surface area contributed by atoms with Gasteiger partial charge in [-0.1, -0.05) is 30.3 Å². The molecule has 0 saturated carbocycles. The normalized spacial score (nSPS) is 16.2. The van der Waals surface area contributed by atoms with Crippen LogP contribution < -0.4 is 0 Å². The molecule has 94 valence electrons. The molecule has 1 rings (SSSR count). The number of carbonyl (C=O) groups excluding carboxylic acids is 1. The van der Waals surface area contributed by atoms with Crippen LogP contribution in [0.1, 0.15) is 5.56 Å². The lowest BCUT2D eigenvalue weighted by Gasteiger charge is -2.30. The first kappa shape index (κ1) is 13.8. The molecule has 2 unspecified atom stereocenters. The van der Waals surface area contributed by atoms with Crippen molar-refractivity contribution in [3.8, 4) is 0 Å². The Labute approximate surface area is 99.0 Å². The molecule has 0 amide bonds. The first-order valence-electron chi connectivity index (χ1n) is 5.22. The molecular formula is C12H16O5. The Balaban J connectivity index is 2.85. The van der Waals surface area contributed by atoms with E-state index in [0.717, 1.165) is 0 Å². The van der Waals surface area contributed by atoms with E-state index in [2.05, 4.69) is 0 Å². The zero-order valence-corrected chi connectivity index (χ0v) is 9.28. The molecule has 0 spiro atoms. The fourth-order valence-corrected chi connectivity index (χ4v) is 1.57. The fourth-order valence-electron chi connectivity index (χ4n) is 1.57. The van der Waals surface area contributed by atoms with Gasteiger partial charge in [0, 0.05) is 6.42 Å². The van der Waals surface area contributed by atoms with Crippen LogP contribution in [-0.4, -0.2) is 51.1 Å². The zero-order chi connectivity index (χ0) is 12.9. The molecule has 1 aromatic carbocycles. The van der Waals surface area contributed by atoms with Crippen LogP contribution in [0.25, 0.3) is 0 Å². The minimum absolute atomic E-state index is 0.0722. The van der Waals surface area contributed by atoms with E-state index < -0.39 is 30.7 Å². The second-order valence-electron chi connectivity index (χ2n) is 3.95. The number of aliphatic hydroxyl groups excluding tert-OH is 3. The summed E-state index contributed by atoms with van der Waals surface area (Å²) in [6.07, 6.45) is -1.88. The van der Waals surface area contributed by atoms with Gasteiger partial charge in [0.05, 0.1) is 6.61 Å². The van der Waals surface area contributed by atoms with Crippen molar-refractivity contribution in [2.24, 2.45) is 0 Å². The Morgan fingerprint density at radius 1 is 1.24 bits per heavy atom. The molecule has 0 bridgehead atoms. The minimum Gasteiger partial charge on any atom is -0.393 e. The summed E-state index contributed by atoms with van der Waals surface area (Å²) in [6, 6.07) is 8.69. The average molecular weight is 240 g/mol. The largest absolute Gasteiger partial charge is 0.393 e. The Hall–Kier alpha value is -1.27. The van der Waals surface area contributed by atoms with Crippen molar-refractivity contribution < 1.29 is 25.2 Å². The lowest BCUT2D eigenvalue weighted by Crippen LogP contribution is -2.52. The van der Waals surface area contributed by atoms with E-state index in [0.29, 0.717) is 5.56 Å². The van der Waals surface area contributed by atoms with Gasteiger partial charge >= 0.3 is 0 Å². The first-order chi connectivity index (χ1) is 8.03. The predicted molar refractivity (Wildman–Crippen MR) is 60.3 cm³/mol. The van der Waals surface area contributed by atoms with Crippen molar-refractivity contribution in [1.29, 1.82) is 0 Å². The molecular weight excluding hydrogens is 224 g/mol. The van der Waals surface area contributed by atoms with Gasteiger partial charge in [0.1, 0.15) is 18.3 Å². The summed E-state index contributed by atoms with van der Waals surface area (Å²) < 4.78 is 0. The topological polar surface area (TPSA) is 98.0 Å². The van der Waals surface area contributed by atoms with Crippen LogP contribution >= 0.6 is 0 Å². The van der Waals surface area contributed by atoms with Crippen LogP contribution in [0.4, 0.5) is 0 Å². The van der Waals surface area contributed by atoms with Crippen LogP contribution in [0, 0.1) is 0 Å². The maximum Gasteiger partial charge on any atom is 0.189 e. The van der Waals surface area contributed by atoms with E-state index in [9.17, 15) is 15.0 Å². The molecule has 2 atom stereocenters. The SMILES string of the molecule is O=C(CO)C(O)C(O)(CO)Cc1ccccc1. The summed E-state index contributed by atoms with van der Waals surface area (Å²) in [5.41, 5.74) is -1.30. The first-order valence-corrected chi connectivity index (χ1v) is 5.22. The Kier molecular flexibility index (Phi) is 4.77. The van der Waals surface area contributed by atoms with E-state index >= 15 is 0 Å². The van der Waals surface area contributed by atoms with Crippen molar-refractivity contribution >= 4 is 5.78 Å². The molecule has 0 aliphatic rings. The Bertz CT molecular complexity index is 364. The third-order valence-electron chi connectivity index (χ3n) is 2.60. The van der Waals surface area contributed by atoms with Crippen molar-refractivity contribution in [1.82, 2.24) is 0 Å². The van der Waals surface area contributed by atoms with Gasteiger partial charge in [0.15, 0.2) is 5.78 Å². The van der Waals surface area contributed by atoms with Crippen molar-refractivity contribution in [3.63, 3.8) is 0 Å². The summed E-state index contributed by atoms with van der Waals surface area (Å²) in [6.45, 7) is -1.65. The molecule has 0 heterocycles. The Morgan fingerprint density at radius 2 is 1.82 bits per heavy atom. The lowest BCUT2D eigenvalue weighted by molar-refractivity contribution is -0.152. The number of carbonyl (C=O) groups is 1. The third-order valence-corrected chi connectivity index (χ3v) is 2.60. The van der Waals surface area contributed by atoms with Gasteiger partial charge in [0.25, 0.3) is 0 Å².